The topological polar surface area (TPSA) is 91.2 Å². The fraction of sp³-hybridized carbons (Fsp3) is 0.0667. The Labute approximate surface area is 131 Å². The van der Waals surface area contributed by atoms with E-state index in [1.807, 2.05) is 0 Å². The Morgan fingerprint density at radius 3 is 2.68 bits per heavy atom. The Morgan fingerprint density at radius 2 is 2.00 bits per heavy atom. The summed E-state index contributed by atoms with van der Waals surface area (Å²) in [5.74, 6) is -0.314. The summed E-state index contributed by atoms with van der Waals surface area (Å²) in [6, 6.07) is 8.72. The predicted molar refractivity (Wildman–Crippen MR) is 82.8 cm³/mol. The van der Waals surface area contributed by atoms with Gasteiger partial charge in [0.2, 0.25) is 0 Å². The van der Waals surface area contributed by atoms with E-state index in [-0.39, 0.29) is 17.1 Å². The summed E-state index contributed by atoms with van der Waals surface area (Å²) >= 11 is 5.69. The van der Waals surface area contributed by atoms with E-state index in [9.17, 15) is 15.0 Å². The number of nitrogens with one attached hydrogen (secondary N) is 1. The molecule has 0 aromatic heterocycles. The van der Waals surface area contributed by atoms with E-state index in [1.54, 1.807) is 12.1 Å². The molecule has 0 atom stereocenters. The number of carbonyl (C=O) groups is 1. The van der Waals surface area contributed by atoms with Gasteiger partial charge in [-0.15, -0.1) is 0 Å². The molecule has 22 heavy (non-hydrogen) atoms. The molecule has 2 aromatic carbocycles. The molecule has 2 rings (SSSR count). The number of phenols is 2. The fourth-order valence-corrected chi connectivity index (χ4v) is 1.85. The maximum atomic E-state index is 11.9. The van der Waals surface area contributed by atoms with Crippen LogP contribution in [0.25, 0.3) is 0 Å². The average molecular weight is 321 g/mol. The van der Waals surface area contributed by atoms with Gasteiger partial charge in [-0.1, -0.05) is 11.6 Å². The van der Waals surface area contributed by atoms with Gasteiger partial charge in [0.15, 0.2) is 0 Å². The van der Waals surface area contributed by atoms with Gasteiger partial charge in [-0.2, -0.15) is 5.10 Å². The summed E-state index contributed by atoms with van der Waals surface area (Å²) in [7, 11) is 1.50. The van der Waals surface area contributed by atoms with Crippen molar-refractivity contribution < 1.29 is 19.7 Å². The first-order valence-electron chi connectivity index (χ1n) is 6.20. The number of ether oxygens (including phenoxy) is 1. The van der Waals surface area contributed by atoms with Crippen molar-refractivity contribution in [3.8, 4) is 17.2 Å². The number of aromatic hydroxyl groups is 2. The van der Waals surface area contributed by atoms with Gasteiger partial charge in [0.1, 0.15) is 17.2 Å². The molecule has 3 N–H and O–H groups in total. The predicted octanol–water partition coefficient (Wildman–Crippen LogP) is 2.52. The third-order valence-corrected chi connectivity index (χ3v) is 3.04. The average Bonchev–Trinajstić information content (AvgIpc) is 2.49. The van der Waals surface area contributed by atoms with E-state index >= 15 is 0 Å². The maximum Gasteiger partial charge on any atom is 0.275 e. The minimum absolute atomic E-state index is 0.00635. The van der Waals surface area contributed by atoms with Gasteiger partial charge in [0.05, 0.1) is 18.9 Å². The Morgan fingerprint density at radius 1 is 1.23 bits per heavy atom. The summed E-state index contributed by atoms with van der Waals surface area (Å²) in [5.41, 5.74) is 2.66. The van der Waals surface area contributed by atoms with Crippen molar-refractivity contribution >= 4 is 23.7 Å². The number of hydrogen-bond donors (Lipinski definition) is 3. The van der Waals surface area contributed by atoms with E-state index in [0.29, 0.717) is 16.3 Å². The normalized spacial score (nSPS) is 10.6. The van der Waals surface area contributed by atoms with Crippen LogP contribution in [0.5, 0.6) is 17.2 Å². The van der Waals surface area contributed by atoms with Crippen molar-refractivity contribution in [3.63, 3.8) is 0 Å². The lowest BCUT2D eigenvalue weighted by Crippen LogP contribution is -2.17. The molecule has 0 radical (unpaired) electrons. The van der Waals surface area contributed by atoms with E-state index in [2.05, 4.69) is 10.5 Å². The molecule has 6 nitrogen and oxygen atoms in total. The van der Waals surface area contributed by atoms with Gasteiger partial charge in [-0.3, -0.25) is 4.79 Å². The summed E-state index contributed by atoms with van der Waals surface area (Å²) in [6.45, 7) is 0. The van der Waals surface area contributed by atoms with E-state index < -0.39 is 5.91 Å². The molecule has 2 aromatic rings. The second-order valence-corrected chi connectivity index (χ2v) is 4.72. The smallest absolute Gasteiger partial charge is 0.275 e. The van der Waals surface area contributed by atoms with Crippen LogP contribution in [0.4, 0.5) is 0 Å². The second-order valence-electron chi connectivity index (χ2n) is 4.29. The molecule has 0 saturated carbocycles. The Bertz CT molecular complexity index is 731. The molecule has 0 saturated heterocycles. The van der Waals surface area contributed by atoms with Crippen molar-refractivity contribution in [3.05, 3.63) is 52.5 Å². The lowest BCUT2D eigenvalue weighted by Gasteiger charge is -2.04. The zero-order chi connectivity index (χ0) is 16.1. The van der Waals surface area contributed by atoms with Gasteiger partial charge < -0.3 is 14.9 Å². The van der Waals surface area contributed by atoms with Gasteiger partial charge in [-0.25, -0.2) is 5.43 Å². The summed E-state index contributed by atoms with van der Waals surface area (Å²) in [5, 5.41) is 23.4. The molecule has 0 heterocycles. The van der Waals surface area contributed by atoms with Crippen molar-refractivity contribution in [2.45, 2.75) is 0 Å². The van der Waals surface area contributed by atoms with E-state index in [4.69, 9.17) is 16.3 Å². The van der Waals surface area contributed by atoms with Gasteiger partial charge in [0.25, 0.3) is 5.91 Å². The fourth-order valence-electron chi connectivity index (χ4n) is 1.68. The third kappa shape index (κ3) is 3.67. The number of amides is 1. The van der Waals surface area contributed by atoms with Crippen molar-refractivity contribution in [2.24, 2.45) is 5.10 Å². The second kappa shape index (κ2) is 6.82. The number of methoxy groups -OCH3 is 1. The van der Waals surface area contributed by atoms with Crippen LogP contribution in [-0.4, -0.2) is 29.4 Å². The lowest BCUT2D eigenvalue weighted by atomic mass is 10.2. The minimum atomic E-state index is -0.604. The number of hydrazone groups is 1. The van der Waals surface area contributed by atoms with Crippen LogP contribution < -0.4 is 10.2 Å². The number of rotatable bonds is 4. The first kappa shape index (κ1) is 15.7. The van der Waals surface area contributed by atoms with Crippen molar-refractivity contribution in [2.75, 3.05) is 7.11 Å². The number of hydrogen-bond acceptors (Lipinski definition) is 5. The van der Waals surface area contributed by atoms with Crippen LogP contribution >= 0.6 is 11.6 Å². The Hall–Kier alpha value is -2.73. The standard InChI is InChI=1S/C15H13ClN2O4/c1-22-11-3-5-13(19)9(6-11)8-17-18-15(21)12-4-2-10(16)7-14(12)20/h2-8,19-20H,1H3,(H,18,21)/b17-8-. The first-order valence-corrected chi connectivity index (χ1v) is 6.58. The van der Waals surface area contributed by atoms with Gasteiger partial charge in [-0.05, 0) is 36.4 Å². The Kier molecular flexibility index (Phi) is 4.85. The van der Waals surface area contributed by atoms with Crippen LogP contribution in [0, 0.1) is 0 Å². The molecule has 0 aliphatic heterocycles. The quantitative estimate of drug-likeness (QED) is 0.596. The summed E-state index contributed by atoms with van der Waals surface area (Å²) < 4.78 is 5.03. The van der Waals surface area contributed by atoms with Crippen LogP contribution in [0.3, 0.4) is 0 Å². The molecule has 114 valence electrons. The highest BCUT2D eigenvalue weighted by Crippen LogP contribution is 2.22. The number of halogens is 1. The first-order chi connectivity index (χ1) is 10.5. The summed E-state index contributed by atoms with van der Waals surface area (Å²) in [6.07, 6.45) is 1.27. The molecule has 0 fully saturated rings. The SMILES string of the molecule is COc1ccc(O)c(/C=N\NC(=O)c2ccc(Cl)cc2O)c1. The highest BCUT2D eigenvalue weighted by Gasteiger charge is 2.10. The molecular formula is C15H13ClN2O4. The largest absolute Gasteiger partial charge is 0.507 e. The number of carbonyl (C=O) groups excluding carboxylic acids is 1. The molecule has 0 aliphatic carbocycles. The van der Waals surface area contributed by atoms with Crippen molar-refractivity contribution in [1.82, 2.24) is 5.43 Å². The van der Waals surface area contributed by atoms with E-state index in [0.717, 1.165) is 0 Å². The molecule has 1 amide bonds. The number of nitrogens with zero attached hydrogens (tertiary/aromatic N) is 1. The number of phenolic OH excluding ortho intramolecular Hbond substituents is 2. The molecule has 0 unspecified atom stereocenters. The van der Waals surface area contributed by atoms with Crippen LogP contribution in [0.2, 0.25) is 5.02 Å². The van der Waals surface area contributed by atoms with Gasteiger partial charge in [0, 0.05) is 10.6 Å². The Balaban J connectivity index is 2.10. The zero-order valence-electron chi connectivity index (χ0n) is 11.6. The molecule has 0 spiro atoms. The molecule has 0 bridgehead atoms. The molecule has 0 aliphatic rings. The van der Waals surface area contributed by atoms with E-state index in [1.165, 1.54) is 37.6 Å². The van der Waals surface area contributed by atoms with Crippen molar-refractivity contribution in [1.29, 1.82) is 0 Å². The highest BCUT2D eigenvalue weighted by atomic mass is 35.5. The van der Waals surface area contributed by atoms with Crippen LogP contribution in [0.15, 0.2) is 41.5 Å². The zero-order valence-corrected chi connectivity index (χ0v) is 12.3. The maximum absolute atomic E-state index is 11.9. The summed E-state index contributed by atoms with van der Waals surface area (Å²) in [4.78, 5) is 11.9. The lowest BCUT2D eigenvalue weighted by molar-refractivity contribution is 0.0952. The molecule has 7 heteroatoms. The third-order valence-electron chi connectivity index (χ3n) is 2.81. The number of benzene rings is 2. The van der Waals surface area contributed by atoms with Crippen LogP contribution in [-0.2, 0) is 0 Å². The molecular weight excluding hydrogens is 308 g/mol. The highest BCUT2D eigenvalue weighted by molar-refractivity contribution is 6.30. The van der Waals surface area contributed by atoms with Gasteiger partial charge >= 0.3 is 0 Å². The minimum Gasteiger partial charge on any atom is -0.507 e. The monoisotopic (exact) mass is 320 g/mol. The van der Waals surface area contributed by atoms with Crippen LogP contribution in [0.1, 0.15) is 15.9 Å².